The molecule has 2 saturated heterocycles. The average molecular weight is 455 g/mol. The first kappa shape index (κ1) is 23.4. The van der Waals surface area contributed by atoms with E-state index in [4.69, 9.17) is 14.2 Å². The van der Waals surface area contributed by atoms with E-state index in [9.17, 15) is 4.79 Å². The minimum Gasteiger partial charge on any atom is -0.441 e. The van der Waals surface area contributed by atoms with Crippen LogP contribution in [0.1, 0.15) is 52.8 Å². The molecule has 3 heterocycles. The topological polar surface area (TPSA) is 94.6 Å². The van der Waals surface area contributed by atoms with Crippen LogP contribution < -0.4 is 10.6 Å². The van der Waals surface area contributed by atoms with Gasteiger partial charge in [0.05, 0.1) is 24.9 Å². The SMILES string of the molecule is CC(C)(C)c1ccc(NC(=O)O[C@@H]2CO[C@H]3[C@@H]2OC[C@@H]3Nc2nccc(C(C)(C)C)n2)cc1. The molecular weight excluding hydrogens is 420 g/mol. The summed E-state index contributed by atoms with van der Waals surface area (Å²) in [4.78, 5) is 21.4. The van der Waals surface area contributed by atoms with Gasteiger partial charge >= 0.3 is 6.09 Å². The second kappa shape index (κ2) is 8.91. The predicted molar refractivity (Wildman–Crippen MR) is 127 cm³/mol. The molecule has 2 aliphatic rings. The van der Waals surface area contributed by atoms with Crippen LogP contribution in [0.5, 0.6) is 0 Å². The standard InChI is InChI=1S/C25H34N4O4/c1-24(2,3)15-7-9-16(10-8-15)27-23(30)33-18-14-32-20-17(13-31-21(18)20)28-22-26-12-11-19(29-22)25(4,5)6/h7-12,17-18,20-21H,13-14H2,1-6H3,(H,27,30)(H,26,28,29)/t17-,18+,20+,21+/m0/s1. The van der Waals surface area contributed by atoms with Crippen LogP contribution in [0, 0.1) is 0 Å². The number of anilines is 2. The molecule has 1 amide bonds. The summed E-state index contributed by atoms with van der Waals surface area (Å²) < 4.78 is 17.5. The lowest BCUT2D eigenvalue weighted by Gasteiger charge is -2.21. The first-order valence-corrected chi connectivity index (χ1v) is 11.4. The van der Waals surface area contributed by atoms with Crippen molar-refractivity contribution >= 4 is 17.7 Å². The highest BCUT2D eigenvalue weighted by molar-refractivity contribution is 5.84. The molecule has 0 aliphatic carbocycles. The molecule has 0 unspecified atom stereocenters. The smallest absolute Gasteiger partial charge is 0.412 e. The third-order valence-corrected chi connectivity index (χ3v) is 6.00. The lowest BCUT2D eigenvalue weighted by molar-refractivity contribution is 0.00917. The lowest BCUT2D eigenvalue weighted by Crippen LogP contribution is -2.38. The Morgan fingerprint density at radius 1 is 0.970 bits per heavy atom. The molecule has 8 heteroatoms. The number of ether oxygens (including phenoxy) is 3. The summed E-state index contributed by atoms with van der Waals surface area (Å²) in [5.41, 5.74) is 2.82. The summed E-state index contributed by atoms with van der Waals surface area (Å²) in [6, 6.07) is 9.59. The number of aromatic nitrogens is 2. The van der Waals surface area contributed by atoms with Crippen LogP contribution in [-0.2, 0) is 25.0 Å². The largest absolute Gasteiger partial charge is 0.441 e. The van der Waals surface area contributed by atoms with Gasteiger partial charge in [-0.15, -0.1) is 0 Å². The van der Waals surface area contributed by atoms with Crippen molar-refractivity contribution in [2.24, 2.45) is 0 Å². The molecule has 2 N–H and O–H groups in total. The number of hydrogen-bond acceptors (Lipinski definition) is 7. The van der Waals surface area contributed by atoms with E-state index in [1.807, 2.05) is 30.3 Å². The molecule has 178 valence electrons. The third kappa shape index (κ3) is 5.45. The summed E-state index contributed by atoms with van der Waals surface area (Å²) in [5, 5.41) is 6.12. The third-order valence-electron chi connectivity index (χ3n) is 6.00. The molecule has 2 fully saturated rings. The quantitative estimate of drug-likeness (QED) is 0.712. The monoisotopic (exact) mass is 454 g/mol. The number of hydrogen-bond donors (Lipinski definition) is 2. The highest BCUT2D eigenvalue weighted by Gasteiger charge is 2.49. The van der Waals surface area contributed by atoms with Gasteiger partial charge < -0.3 is 19.5 Å². The summed E-state index contributed by atoms with van der Waals surface area (Å²) >= 11 is 0. The van der Waals surface area contributed by atoms with Gasteiger partial charge in [-0.1, -0.05) is 53.7 Å². The molecule has 1 aromatic carbocycles. The fraction of sp³-hybridized carbons (Fsp3) is 0.560. The van der Waals surface area contributed by atoms with E-state index in [2.05, 4.69) is 62.1 Å². The van der Waals surface area contributed by atoms with E-state index in [1.165, 1.54) is 5.56 Å². The Labute approximate surface area is 195 Å². The number of fused-ring (bicyclic) bond motifs is 1. The van der Waals surface area contributed by atoms with E-state index in [0.717, 1.165) is 5.69 Å². The zero-order valence-corrected chi connectivity index (χ0v) is 20.2. The maximum absolute atomic E-state index is 12.5. The summed E-state index contributed by atoms with van der Waals surface area (Å²) in [5.74, 6) is 0.543. The molecule has 4 atom stereocenters. The second-order valence-corrected chi connectivity index (χ2v) is 10.8. The normalized spacial score (nSPS) is 24.9. The zero-order valence-electron chi connectivity index (χ0n) is 20.2. The fourth-order valence-corrected chi connectivity index (χ4v) is 4.04. The first-order valence-electron chi connectivity index (χ1n) is 11.4. The Kier molecular flexibility index (Phi) is 6.33. The molecule has 0 bridgehead atoms. The van der Waals surface area contributed by atoms with Crippen molar-refractivity contribution in [1.29, 1.82) is 0 Å². The van der Waals surface area contributed by atoms with Crippen molar-refractivity contribution < 1.29 is 19.0 Å². The van der Waals surface area contributed by atoms with Crippen molar-refractivity contribution in [1.82, 2.24) is 9.97 Å². The second-order valence-electron chi connectivity index (χ2n) is 10.8. The van der Waals surface area contributed by atoms with Crippen molar-refractivity contribution in [2.75, 3.05) is 23.8 Å². The Morgan fingerprint density at radius 3 is 2.33 bits per heavy atom. The number of amides is 1. The number of carbonyl (C=O) groups excluding carboxylic acids is 1. The summed E-state index contributed by atoms with van der Waals surface area (Å²) in [6.07, 6.45) is 0.188. The van der Waals surface area contributed by atoms with Crippen LogP contribution in [0.2, 0.25) is 0 Å². The van der Waals surface area contributed by atoms with Crippen LogP contribution in [-0.4, -0.2) is 53.6 Å². The summed E-state index contributed by atoms with van der Waals surface area (Å²) in [6.45, 7) is 13.5. The lowest BCUT2D eigenvalue weighted by atomic mass is 9.87. The highest BCUT2D eigenvalue weighted by Crippen LogP contribution is 2.31. The number of nitrogens with one attached hydrogen (secondary N) is 2. The first-order chi connectivity index (χ1) is 15.5. The van der Waals surface area contributed by atoms with Gasteiger partial charge in [0.15, 0.2) is 6.10 Å². The van der Waals surface area contributed by atoms with E-state index in [0.29, 0.717) is 18.2 Å². The van der Waals surface area contributed by atoms with Gasteiger partial charge in [-0.2, -0.15) is 0 Å². The molecule has 2 aliphatic heterocycles. The average Bonchev–Trinajstić information content (AvgIpc) is 3.31. The van der Waals surface area contributed by atoms with Gasteiger partial charge in [0.25, 0.3) is 0 Å². The van der Waals surface area contributed by atoms with Crippen molar-refractivity contribution in [2.45, 2.75) is 76.7 Å². The number of carbonyl (C=O) groups is 1. The Hall–Kier alpha value is -2.71. The van der Waals surface area contributed by atoms with E-state index in [-0.39, 0.29) is 35.7 Å². The van der Waals surface area contributed by atoms with Crippen molar-refractivity contribution in [3.63, 3.8) is 0 Å². The van der Waals surface area contributed by atoms with Gasteiger partial charge in [-0.3, -0.25) is 5.32 Å². The molecule has 8 nitrogen and oxygen atoms in total. The van der Waals surface area contributed by atoms with Crippen molar-refractivity contribution in [3.8, 4) is 0 Å². The number of nitrogens with zero attached hydrogens (tertiary/aromatic N) is 2. The van der Waals surface area contributed by atoms with Gasteiger partial charge in [0.2, 0.25) is 5.95 Å². The Balaban J connectivity index is 1.32. The predicted octanol–water partition coefficient (Wildman–Crippen LogP) is 4.27. The van der Waals surface area contributed by atoms with Gasteiger partial charge in [-0.25, -0.2) is 14.8 Å². The van der Waals surface area contributed by atoms with E-state index < -0.39 is 12.2 Å². The van der Waals surface area contributed by atoms with Gasteiger partial charge in [0.1, 0.15) is 12.2 Å². The number of rotatable bonds is 4. The minimum atomic E-state index is -0.519. The Bertz CT molecular complexity index is 981. The van der Waals surface area contributed by atoms with Gasteiger partial charge in [0, 0.05) is 17.3 Å². The number of benzene rings is 1. The molecular formula is C25H34N4O4. The molecule has 0 radical (unpaired) electrons. The maximum atomic E-state index is 12.5. The summed E-state index contributed by atoms with van der Waals surface area (Å²) in [7, 11) is 0. The van der Waals surface area contributed by atoms with Crippen molar-refractivity contribution in [3.05, 3.63) is 47.8 Å². The zero-order chi connectivity index (χ0) is 23.8. The molecule has 4 rings (SSSR count). The maximum Gasteiger partial charge on any atom is 0.412 e. The van der Waals surface area contributed by atoms with E-state index in [1.54, 1.807) is 6.20 Å². The fourth-order valence-electron chi connectivity index (χ4n) is 4.04. The van der Waals surface area contributed by atoms with Crippen LogP contribution >= 0.6 is 0 Å². The van der Waals surface area contributed by atoms with Gasteiger partial charge in [-0.05, 0) is 29.2 Å². The molecule has 2 aromatic rings. The van der Waals surface area contributed by atoms with Crippen LogP contribution in [0.25, 0.3) is 0 Å². The molecule has 1 aromatic heterocycles. The van der Waals surface area contributed by atoms with Crippen LogP contribution in [0.15, 0.2) is 36.5 Å². The van der Waals surface area contributed by atoms with E-state index >= 15 is 0 Å². The molecule has 0 spiro atoms. The molecule has 0 saturated carbocycles. The molecule has 33 heavy (non-hydrogen) atoms. The Morgan fingerprint density at radius 2 is 1.67 bits per heavy atom. The highest BCUT2D eigenvalue weighted by atomic mass is 16.6. The van der Waals surface area contributed by atoms with Crippen LogP contribution in [0.3, 0.4) is 0 Å². The minimum absolute atomic E-state index is 0.0543. The van der Waals surface area contributed by atoms with Crippen LogP contribution in [0.4, 0.5) is 16.4 Å².